The lowest BCUT2D eigenvalue weighted by molar-refractivity contribution is -0.172. The van der Waals surface area contributed by atoms with E-state index in [0.29, 0.717) is 13.2 Å². The maximum absolute atomic E-state index is 12.9. The molecule has 0 atom stereocenters. The number of ether oxygens (including phenoxy) is 2. The molecular formula is C26H38O3. The van der Waals surface area contributed by atoms with Gasteiger partial charge in [0.15, 0.2) is 0 Å². The minimum Gasteiger partial charge on any atom is -0.493 e. The Hall–Kier alpha value is -2.03. The minimum absolute atomic E-state index is 0.0931. The second-order valence-corrected chi connectivity index (χ2v) is 10.1. The Morgan fingerprint density at radius 2 is 1.34 bits per heavy atom. The third-order valence-corrected chi connectivity index (χ3v) is 6.44. The fourth-order valence-corrected chi connectivity index (χ4v) is 3.93. The molecule has 0 aliphatic heterocycles. The van der Waals surface area contributed by atoms with E-state index in [0.717, 1.165) is 30.4 Å². The van der Waals surface area contributed by atoms with Gasteiger partial charge in [0.25, 0.3) is 0 Å². The van der Waals surface area contributed by atoms with Crippen LogP contribution in [0.5, 0.6) is 5.75 Å². The first-order chi connectivity index (χ1) is 13.5. The smallest absolute Gasteiger partial charge is 0.312 e. The molecule has 0 bridgehead atoms. The summed E-state index contributed by atoms with van der Waals surface area (Å²) in [6, 6.07) is 14.4. The fraction of sp³-hybridized carbons (Fsp3) is 0.577. The van der Waals surface area contributed by atoms with Crippen LogP contribution in [0.4, 0.5) is 0 Å². The summed E-state index contributed by atoms with van der Waals surface area (Å²) in [6.45, 7) is 15.9. The molecule has 0 saturated carbocycles. The molecule has 0 saturated heterocycles. The molecule has 0 aliphatic carbocycles. The van der Waals surface area contributed by atoms with Gasteiger partial charge in [-0.3, -0.25) is 4.79 Å². The Morgan fingerprint density at radius 3 is 2.00 bits per heavy atom. The van der Waals surface area contributed by atoms with E-state index in [1.54, 1.807) is 0 Å². The first-order valence-corrected chi connectivity index (χ1v) is 10.8. The summed E-state index contributed by atoms with van der Waals surface area (Å²) in [4.78, 5) is 12.9. The van der Waals surface area contributed by atoms with Gasteiger partial charge in [0.2, 0.25) is 0 Å². The van der Waals surface area contributed by atoms with Crippen molar-refractivity contribution < 1.29 is 14.3 Å². The second-order valence-electron chi connectivity index (χ2n) is 10.1. The van der Waals surface area contributed by atoms with Crippen LogP contribution < -0.4 is 4.74 Å². The highest BCUT2D eigenvalue weighted by molar-refractivity contribution is 5.88. The summed E-state index contributed by atoms with van der Waals surface area (Å²) in [5, 5.41) is 2.34. The molecule has 0 N–H and O–H groups in total. The van der Waals surface area contributed by atoms with E-state index in [-0.39, 0.29) is 16.8 Å². The molecule has 0 radical (unpaired) electrons. The molecule has 2 rings (SSSR count). The first-order valence-electron chi connectivity index (χ1n) is 10.8. The number of carbonyl (C=O) groups is 1. The number of hydrogen-bond acceptors (Lipinski definition) is 3. The molecule has 160 valence electrons. The van der Waals surface area contributed by atoms with Crippen molar-refractivity contribution >= 4 is 16.7 Å². The molecule has 3 nitrogen and oxygen atoms in total. The Kier molecular flexibility index (Phi) is 7.37. The van der Waals surface area contributed by atoms with Gasteiger partial charge >= 0.3 is 5.97 Å². The second kappa shape index (κ2) is 9.19. The number of fused-ring (bicyclic) bond motifs is 1. The average molecular weight is 399 g/mol. The summed E-state index contributed by atoms with van der Waals surface area (Å²) >= 11 is 0. The monoisotopic (exact) mass is 398 g/mol. The largest absolute Gasteiger partial charge is 0.493 e. The van der Waals surface area contributed by atoms with Gasteiger partial charge in [-0.25, -0.2) is 0 Å². The van der Waals surface area contributed by atoms with Crippen LogP contribution in [0.2, 0.25) is 0 Å². The minimum atomic E-state index is -0.544. The maximum Gasteiger partial charge on any atom is 0.312 e. The highest BCUT2D eigenvalue weighted by Gasteiger charge is 2.53. The van der Waals surface area contributed by atoms with E-state index in [1.165, 1.54) is 5.39 Å². The van der Waals surface area contributed by atoms with Crippen LogP contribution in [0.3, 0.4) is 0 Å². The van der Waals surface area contributed by atoms with Gasteiger partial charge in [0.05, 0.1) is 18.6 Å². The van der Waals surface area contributed by atoms with Crippen LogP contribution in [0.25, 0.3) is 10.8 Å². The van der Waals surface area contributed by atoms with Crippen molar-refractivity contribution in [3.8, 4) is 5.75 Å². The molecule has 3 heteroatoms. The molecule has 0 aliphatic rings. The van der Waals surface area contributed by atoms with E-state index < -0.39 is 5.41 Å². The predicted molar refractivity (Wildman–Crippen MR) is 121 cm³/mol. The van der Waals surface area contributed by atoms with Gasteiger partial charge in [0, 0.05) is 5.39 Å². The van der Waals surface area contributed by atoms with Gasteiger partial charge in [-0.1, -0.05) is 77.9 Å². The highest BCUT2D eigenvalue weighted by Crippen LogP contribution is 2.52. The summed E-state index contributed by atoms with van der Waals surface area (Å²) in [5.74, 6) is 0.838. The molecule has 2 aromatic carbocycles. The number of unbranched alkanes of at least 4 members (excludes halogenated alkanes) is 2. The van der Waals surface area contributed by atoms with Gasteiger partial charge in [-0.15, -0.1) is 0 Å². The van der Waals surface area contributed by atoms with E-state index in [9.17, 15) is 4.79 Å². The van der Waals surface area contributed by atoms with Gasteiger partial charge < -0.3 is 9.47 Å². The zero-order chi connectivity index (χ0) is 21.7. The molecule has 2 aromatic rings. The summed E-state index contributed by atoms with van der Waals surface area (Å²) in [5.41, 5.74) is -0.888. The number of carbonyl (C=O) groups excluding carboxylic acids is 1. The van der Waals surface area contributed by atoms with Crippen LogP contribution in [-0.4, -0.2) is 19.2 Å². The third kappa shape index (κ3) is 5.32. The standard InChI is InChI=1S/C26H38O3/c1-24(2,3)26(7,25(4,5)6)23(27)29-19-12-8-11-18-28-22-17-13-15-20-14-9-10-16-21(20)22/h9-10,13-17H,8,11-12,18-19H2,1-7H3. The SMILES string of the molecule is CC(C)(C)C(C)(C(=O)OCCCCCOc1cccc2ccccc12)C(C)(C)C. The van der Waals surface area contributed by atoms with E-state index >= 15 is 0 Å². The van der Waals surface area contributed by atoms with Crippen molar-refractivity contribution in [2.45, 2.75) is 67.7 Å². The number of rotatable bonds is 8. The van der Waals surface area contributed by atoms with Gasteiger partial charge in [-0.05, 0) is 48.5 Å². The van der Waals surface area contributed by atoms with Crippen LogP contribution in [-0.2, 0) is 9.53 Å². The normalized spacial score (nSPS) is 12.8. The fourth-order valence-electron chi connectivity index (χ4n) is 3.93. The predicted octanol–water partition coefficient (Wildman–Crippen LogP) is 7.03. The zero-order valence-electron chi connectivity index (χ0n) is 19.3. The van der Waals surface area contributed by atoms with Crippen LogP contribution in [0.1, 0.15) is 67.7 Å². The van der Waals surface area contributed by atoms with Crippen molar-refractivity contribution in [2.75, 3.05) is 13.2 Å². The molecule has 29 heavy (non-hydrogen) atoms. The van der Waals surface area contributed by atoms with Gasteiger partial charge in [-0.2, -0.15) is 0 Å². The molecule has 0 aromatic heterocycles. The maximum atomic E-state index is 12.9. The Morgan fingerprint density at radius 1 is 0.759 bits per heavy atom. The first kappa shape index (κ1) is 23.3. The lowest BCUT2D eigenvalue weighted by atomic mass is 9.55. The van der Waals surface area contributed by atoms with Crippen LogP contribution in [0.15, 0.2) is 42.5 Å². The quantitative estimate of drug-likeness (QED) is 0.354. The molecule has 0 fully saturated rings. The Bertz CT molecular complexity index is 789. The van der Waals surface area contributed by atoms with Crippen molar-refractivity contribution in [1.29, 1.82) is 0 Å². The van der Waals surface area contributed by atoms with Crippen molar-refractivity contribution in [1.82, 2.24) is 0 Å². The zero-order valence-corrected chi connectivity index (χ0v) is 19.3. The van der Waals surface area contributed by atoms with Crippen molar-refractivity contribution in [3.63, 3.8) is 0 Å². The lowest BCUT2D eigenvalue weighted by Crippen LogP contribution is -2.50. The van der Waals surface area contributed by atoms with Crippen LogP contribution >= 0.6 is 0 Å². The van der Waals surface area contributed by atoms with Crippen molar-refractivity contribution in [3.05, 3.63) is 42.5 Å². The lowest BCUT2D eigenvalue weighted by Gasteiger charge is -2.48. The molecule has 0 amide bonds. The summed E-state index contributed by atoms with van der Waals surface area (Å²) in [6.07, 6.45) is 2.77. The van der Waals surface area contributed by atoms with E-state index in [4.69, 9.17) is 9.47 Å². The van der Waals surface area contributed by atoms with E-state index in [2.05, 4.69) is 59.7 Å². The summed E-state index contributed by atoms with van der Waals surface area (Å²) in [7, 11) is 0. The molecule has 0 unspecified atom stereocenters. The van der Waals surface area contributed by atoms with Crippen molar-refractivity contribution in [2.24, 2.45) is 16.2 Å². The topological polar surface area (TPSA) is 35.5 Å². The molecule has 0 heterocycles. The Labute approximate surface area is 176 Å². The molecular weight excluding hydrogens is 360 g/mol. The number of hydrogen-bond donors (Lipinski definition) is 0. The number of esters is 1. The summed E-state index contributed by atoms with van der Waals surface area (Å²) < 4.78 is 11.7. The highest BCUT2D eigenvalue weighted by atomic mass is 16.5. The van der Waals surface area contributed by atoms with Crippen LogP contribution in [0, 0.1) is 16.2 Å². The Balaban J connectivity index is 1.76. The number of benzene rings is 2. The van der Waals surface area contributed by atoms with Gasteiger partial charge in [0.1, 0.15) is 5.75 Å². The molecule has 0 spiro atoms. The third-order valence-electron chi connectivity index (χ3n) is 6.44. The average Bonchev–Trinajstić information content (AvgIpc) is 2.64. The van der Waals surface area contributed by atoms with E-state index in [1.807, 2.05) is 31.2 Å².